The molecule has 0 aliphatic heterocycles. The maximum absolute atomic E-state index is 4.62. The number of nitrogens with zero attached hydrogens (tertiary/aromatic N) is 1. The van der Waals surface area contributed by atoms with Crippen molar-refractivity contribution in [1.82, 2.24) is 0 Å². The van der Waals surface area contributed by atoms with Gasteiger partial charge < -0.3 is 0 Å². The summed E-state index contributed by atoms with van der Waals surface area (Å²) in [5.41, 5.74) is 2.27. The lowest BCUT2D eigenvalue weighted by atomic mass is 9.90. The molecule has 21 heavy (non-hydrogen) atoms. The van der Waals surface area contributed by atoms with Gasteiger partial charge in [0.25, 0.3) is 0 Å². The highest BCUT2D eigenvalue weighted by Crippen LogP contribution is 2.27. The molecule has 0 aromatic heterocycles. The lowest BCUT2D eigenvalue weighted by molar-refractivity contribution is 0.624. The summed E-state index contributed by atoms with van der Waals surface area (Å²) in [5, 5.41) is 0. The summed E-state index contributed by atoms with van der Waals surface area (Å²) in [4.78, 5) is 4.62. The van der Waals surface area contributed by atoms with E-state index >= 15 is 0 Å². The molecule has 0 bridgehead atoms. The van der Waals surface area contributed by atoms with Crippen molar-refractivity contribution < 1.29 is 0 Å². The molecule has 0 saturated heterocycles. The van der Waals surface area contributed by atoms with Crippen molar-refractivity contribution in [2.45, 2.75) is 54.4 Å². The highest BCUT2D eigenvalue weighted by atomic mass is 14.7. The Morgan fingerprint density at radius 1 is 1.24 bits per heavy atom. The number of hydrogen-bond donors (Lipinski definition) is 0. The zero-order valence-corrected chi connectivity index (χ0v) is 14.6. The highest BCUT2D eigenvalue weighted by molar-refractivity contribution is 5.61. The van der Waals surface area contributed by atoms with E-state index in [1.54, 1.807) is 0 Å². The van der Waals surface area contributed by atoms with Gasteiger partial charge in [0.05, 0.1) is 5.70 Å². The van der Waals surface area contributed by atoms with E-state index in [2.05, 4.69) is 62.2 Å². The Morgan fingerprint density at radius 3 is 2.57 bits per heavy atom. The molecule has 0 saturated carbocycles. The zero-order chi connectivity index (χ0) is 16.1. The van der Waals surface area contributed by atoms with Gasteiger partial charge >= 0.3 is 0 Å². The quantitative estimate of drug-likeness (QED) is 0.408. The molecule has 1 rings (SSSR count). The molecule has 116 valence electrons. The summed E-state index contributed by atoms with van der Waals surface area (Å²) >= 11 is 0. The fourth-order valence-corrected chi connectivity index (χ4v) is 1.81. The van der Waals surface area contributed by atoms with E-state index in [9.17, 15) is 0 Å². The average molecular weight is 285 g/mol. The largest absolute Gasteiger partial charge is 0.261 e. The molecule has 0 atom stereocenters. The van der Waals surface area contributed by atoms with Crippen LogP contribution in [0.1, 0.15) is 54.4 Å². The van der Waals surface area contributed by atoms with Crippen LogP contribution in [-0.2, 0) is 0 Å². The Balaban J connectivity index is 0.00000191. The summed E-state index contributed by atoms with van der Waals surface area (Å²) in [7, 11) is 0. The van der Waals surface area contributed by atoms with Crippen LogP contribution in [0, 0.1) is 5.41 Å². The van der Waals surface area contributed by atoms with Gasteiger partial charge in [-0.3, -0.25) is 4.99 Å². The van der Waals surface area contributed by atoms with E-state index in [1.807, 2.05) is 39.1 Å². The molecule has 0 amide bonds. The first kappa shape index (κ1) is 19.4. The Morgan fingerprint density at radius 2 is 1.95 bits per heavy atom. The maximum Gasteiger partial charge on any atom is 0.0695 e. The van der Waals surface area contributed by atoms with Crippen molar-refractivity contribution in [3.63, 3.8) is 0 Å². The van der Waals surface area contributed by atoms with Gasteiger partial charge in [-0.15, -0.1) is 0 Å². The predicted octanol–water partition coefficient (Wildman–Crippen LogP) is 6.42. The van der Waals surface area contributed by atoms with Gasteiger partial charge in [-0.05, 0) is 25.0 Å². The maximum atomic E-state index is 4.62. The molecule has 0 fully saturated rings. The normalized spacial score (nSPS) is 17.6. The minimum absolute atomic E-state index is 0.0636. The first-order valence-corrected chi connectivity index (χ1v) is 8.03. The van der Waals surface area contributed by atoms with Gasteiger partial charge in [0.2, 0.25) is 0 Å². The van der Waals surface area contributed by atoms with Crippen LogP contribution in [0.15, 0.2) is 64.9 Å². The van der Waals surface area contributed by atoms with Crippen molar-refractivity contribution in [2.24, 2.45) is 10.4 Å². The molecule has 0 aromatic rings. The summed E-state index contributed by atoms with van der Waals surface area (Å²) in [6, 6.07) is 0. The van der Waals surface area contributed by atoms with Crippen LogP contribution >= 0.6 is 0 Å². The standard InChI is InChI=1S/C18H25N.C2H6/c1-5-7-12-17(19-14-8-6-2)16-11-9-10-13-18(3,4)15-16;1-2/h5,7,9-15H,6,8H2,1-4H3;1-2H3/b7-5-,17-12-,19-14?;. The fraction of sp³-hybridized carbons (Fsp3) is 0.450. The third kappa shape index (κ3) is 8.29. The lowest BCUT2D eigenvalue weighted by Crippen LogP contribution is -2.03. The van der Waals surface area contributed by atoms with Crippen molar-refractivity contribution in [3.05, 3.63) is 59.9 Å². The first-order chi connectivity index (χ1) is 10.1. The van der Waals surface area contributed by atoms with Crippen molar-refractivity contribution in [1.29, 1.82) is 0 Å². The second kappa shape index (κ2) is 11.1. The number of hydrogen-bond acceptors (Lipinski definition) is 1. The SMILES string of the molecule is C/C=C\C=C(/N=CCCC)C1=CC(C)(C)C=CC=C1.CC. The van der Waals surface area contributed by atoms with E-state index in [4.69, 9.17) is 0 Å². The van der Waals surface area contributed by atoms with E-state index in [1.165, 1.54) is 5.57 Å². The van der Waals surface area contributed by atoms with Gasteiger partial charge in [0.1, 0.15) is 0 Å². The minimum Gasteiger partial charge on any atom is -0.261 e. The monoisotopic (exact) mass is 285 g/mol. The minimum atomic E-state index is 0.0636. The zero-order valence-electron chi connectivity index (χ0n) is 14.6. The van der Waals surface area contributed by atoms with Gasteiger partial charge in [-0.2, -0.15) is 0 Å². The van der Waals surface area contributed by atoms with Gasteiger partial charge in [0.15, 0.2) is 0 Å². The molecule has 0 unspecified atom stereocenters. The van der Waals surface area contributed by atoms with Crippen LogP contribution in [0.4, 0.5) is 0 Å². The van der Waals surface area contributed by atoms with E-state index < -0.39 is 0 Å². The molecular formula is C20H31N. The molecule has 0 radical (unpaired) electrons. The molecule has 0 N–H and O–H groups in total. The molecule has 1 nitrogen and oxygen atoms in total. The topological polar surface area (TPSA) is 12.4 Å². The second-order valence-electron chi connectivity index (χ2n) is 5.32. The van der Waals surface area contributed by atoms with Gasteiger partial charge in [-0.25, -0.2) is 0 Å². The van der Waals surface area contributed by atoms with Crippen LogP contribution in [0.25, 0.3) is 0 Å². The van der Waals surface area contributed by atoms with Gasteiger partial charge in [0, 0.05) is 11.6 Å². The van der Waals surface area contributed by atoms with Crippen LogP contribution < -0.4 is 0 Å². The Kier molecular flexibility index (Phi) is 10.2. The number of aliphatic imine (C=N–C) groups is 1. The van der Waals surface area contributed by atoms with E-state index in [0.717, 1.165) is 18.5 Å². The average Bonchev–Trinajstić information content (AvgIpc) is 2.65. The smallest absolute Gasteiger partial charge is 0.0695 e. The molecule has 0 spiro atoms. The number of unbranched alkanes of at least 4 members (excludes halogenated alkanes) is 1. The Hall–Kier alpha value is -1.63. The number of rotatable bonds is 5. The third-order valence-electron chi connectivity index (χ3n) is 2.83. The summed E-state index contributed by atoms with van der Waals surface area (Å²) in [6.07, 6.45) is 21.1. The predicted molar refractivity (Wildman–Crippen MR) is 97.8 cm³/mol. The fourth-order valence-electron chi connectivity index (χ4n) is 1.81. The van der Waals surface area contributed by atoms with Crippen LogP contribution in [-0.4, -0.2) is 6.21 Å². The molecular weight excluding hydrogens is 254 g/mol. The summed E-state index contributed by atoms with van der Waals surface area (Å²) in [6.45, 7) is 12.6. The highest BCUT2D eigenvalue weighted by Gasteiger charge is 2.13. The van der Waals surface area contributed by atoms with E-state index in [-0.39, 0.29) is 5.41 Å². The van der Waals surface area contributed by atoms with Crippen LogP contribution in [0.5, 0.6) is 0 Å². The number of allylic oxidation sites excluding steroid dienone is 8. The molecule has 1 aliphatic carbocycles. The lowest BCUT2D eigenvalue weighted by Gasteiger charge is -2.15. The Bertz CT molecular complexity index is 454. The van der Waals surface area contributed by atoms with Crippen LogP contribution in [0.2, 0.25) is 0 Å². The van der Waals surface area contributed by atoms with Crippen molar-refractivity contribution >= 4 is 6.21 Å². The molecule has 0 heterocycles. The van der Waals surface area contributed by atoms with Gasteiger partial charge in [-0.1, -0.05) is 83.6 Å². The van der Waals surface area contributed by atoms with Crippen molar-refractivity contribution in [3.8, 4) is 0 Å². The molecule has 1 aliphatic rings. The van der Waals surface area contributed by atoms with Crippen molar-refractivity contribution in [2.75, 3.05) is 0 Å². The second-order valence-corrected chi connectivity index (χ2v) is 5.32. The Labute approximate surface area is 131 Å². The molecule has 1 heteroatoms. The third-order valence-corrected chi connectivity index (χ3v) is 2.83. The summed E-state index contributed by atoms with van der Waals surface area (Å²) in [5.74, 6) is 0. The first-order valence-electron chi connectivity index (χ1n) is 8.03. The molecule has 0 aromatic carbocycles. The summed E-state index contributed by atoms with van der Waals surface area (Å²) < 4.78 is 0. The van der Waals surface area contributed by atoms with E-state index in [0.29, 0.717) is 0 Å². The van der Waals surface area contributed by atoms with Crippen LogP contribution in [0.3, 0.4) is 0 Å².